The van der Waals surface area contributed by atoms with E-state index in [4.69, 9.17) is 4.74 Å². The maximum Gasteiger partial charge on any atom is 0.416 e. The molecule has 7 nitrogen and oxygen atoms in total. The first-order valence-corrected chi connectivity index (χ1v) is 11.7. The zero-order valence-corrected chi connectivity index (χ0v) is 20.2. The minimum absolute atomic E-state index is 0.0482. The second kappa shape index (κ2) is 10.2. The quantitative estimate of drug-likeness (QED) is 0.335. The zero-order valence-electron chi connectivity index (χ0n) is 20.2. The molecule has 0 atom stereocenters. The number of halogens is 4. The van der Waals surface area contributed by atoms with Crippen LogP contribution >= 0.6 is 0 Å². The number of ether oxygens (including phenoxy) is 1. The van der Waals surface area contributed by atoms with E-state index in [1.165, 1.54) is 12.5 Å². The Hall–Kier alpha value is -4.41. The summed E-state index contributed by atoms with van der Waals surface area (Å²) in [5.74, 6) is -0.442. The Morgan fingerprint density at radius 1 is 1.03 bits per heavy atom. The minimum Gasteiger partial charge on any atom is -0.497 e. The van der Waals surface area contributed by atoms with Crippen molar-refractivity contribution in [3.05, 3.63) is 100 Å². The van der Waals surface area contributed by atoms with Crippen LogP contribution in [0.4, 0.5) is 17.6 Å². The van der Waals surface area contributed by atoms with Crippen molar-refractivity contribution in [2.75, 3.05) is 13.7 Å². The lowest BCUT2D eigenvalue weighted by Gasteiger charge is -2.29. The lowest BCUT2D eigenvalue weighted by molar-refractivity contribution is -0.137. The van der Waals surface area contributed by atoms with Crippen LogP contribution < -0.4 is 4.74 Å². The topological polar surface area (TPSA) is 81.1 Å². The van der Waals surface area contributed by atoms with Crippen molar-refractivity contribution in [3.8, 4) is 17.1 Å². The molecule has 0 unspecified atom stereocenters. The molecule has 0 fully saturated rings. The van der Waals surface area contributed by atoms with E-state index in [2.05, 4.69) is 20.2 Å². The smallest absolute Gasteiger partial charge is 0.416 e. The number of nitrogens with zero attached hydrogens (tertiary/aromatic N) is 5. The Morgan fingerprint density at radius 3 is 2.55 bits per heavy atom. The predicted molar refractivity (Wildman–Crippen MR) is 129 cm³/mol. The first-order valence-electron chi connectivity index (χ1n) is 11.7. The van der Waals surface area contributed by atoms with Crippen molar-refractivity contribution in [1.82, 2.24) is 25.1 Å². The van der Waals surface area contributed by atoms with Gasteiger partial charge in [0.05, 0.1) is 30.1 Å². The van der Waals surface area contributed by atoms with E-state index in [-0.39, 0.29) is 17.9 Å². The van der Waals surface area contributed by atoms with Gasteiger partial charge in [-0.25, -0.2) is 14.4 Å². The number of fused-ring (bicyclic) bond motifs is 1. The molecule has 0 radical (unpaired) electrons. The van der Waals surface area contributed by atoms with Gasteiger partial charge in [-0.3, -0.25) is 4.79 Å². The lowest BCUT2D eigenvalue weighted by atomic mass is 9.96. The average Bonchev–Trinajstić information content (AvgIpc) is 2.90. The van der Waals surface area contributed by atoms with Crippen molar-refractivity contribution in [2.24, 2.45) is 0 Å². The van der Waals surface area contributed by atoms with Crippen molar-refractivity contribution >= 4 is 5.91 Å². The van der Waals surface area contributed by atoms with Gasteiger partial charge in [0.25, 0.3) is 5.91 Å². The van der Waals surface area contributed by atoms with E-state index in [0.29, 0.717) is 53.8 Å². The van der Waals surface area contributed by atoms with Crippen LogP contribution in [0.15, 0.2) is 61.1 Å². The van der Waals surface area contributed by atoms with E-state index in [1.54, 1.807) is 18.1 Å². The molecule has 0 saturated carbocycles. The van der Waals surface area contributed by atoms with Gasteiger partial charge in [-0.1, -0.05) is 12.1 Å². The molecule has 1 aliphatic heterocycles. The van der Waals surface area contributed by atoms with Crippen molar-refractivity contribution < 1.29 is 27.1 Å². The summed E-state index contributed by atoms with van der Waals surface area (Å²) in [6.07, 6.45) is -1.51. The maximum absolute atomic E-state index is 13.8. The van der Waals surface area contributed by atoms with Gasteiger partial charge in [0, 0.05) is 25.2 Å². The van der Waals surface area contributed by atoms with E-state index in [0.717, 1.165) is 23.4 Å². The second-order valence-electron chi connectivity index (χ2n) is 8.83. The molecule has 0 N–H and O–H groups in total. The molecule has 2 aromatic heterocycles. The lowest BCUT2D eigenvalue weighted by Crippen LogP contribution is -2.37. The summed E-state index contributed by atoms with van der Waals surface area (Å²) in [6.45, 7) is 0.878. The number of methoxy groups -OCH3 is 1. The molecule has 4 aromatic rings. The average molecular weight is 523 g/mol. The normalized spacial score (nSPS) is 13.4. The number of aromatic nitrogens is 4. The number of alkyl halides is 3. The van der Waals surface area contributed by atoms with Crippen LogP contribution in [0.25, 0.3) is 11.4 Å². The number of carbonyl (C=O) groups excluding carboxylic acids is 1. The summed E-state index contributed by atoms with van der Waals surface area (Å²) in [4.78, 5) is 23.4. The van der Waals surface area contributed by atoms with Gasteiger partial charge in [0.1, 0.15) is 23.6 Å². The standard InChI is InChI=1S/C27H21F4N5O2/c1-38-21-4-2-16(3-5-21)14-36-7-6-22-23(26(36)37)13-34-35-25(22)24-12-20(32-15-33-24)10-17-8-18(27(29,30)31)11-19(28)9-17/h2-5,8-9,11-13,15H,6-7,10,14H2,1H3. The van der Waals surface area contributed by atoms with Gasteiger partial charge in [0.2, 0.25) is 0 Å². The van der Waals surface area contributed by atoms with E-state index < -0.39 is 17.6 Å². The number of benzene rings is 2. The van der Waals surface area contributed by atoms with E-state index in [1.807, 2.05) is 24.3 Å². The van der Waals surface area contributed by atoms with Crippen LogP contribution in [0, 0.1) is 5.82 Å². The van der Waals surface area contributed by atoms with Crippen LogP contribution in [0.1, 0.15) is 38.3 Å². The molecule has 5 rings (SSSR count). The monoisotopic (exact) mass is 523 g/mol. The molecule has 0 aliphatic carbocycles. The molecule has 38 heavy (non-hydrogen) atoms. The molecule has 2 aromatic carbocycles. The van der Waals surface area contributed by atoms with Gasteiger partial charge in [0.15, 0.2) is 0 Å². The van der Waals surface area contributed by atoms with Gasteiger partial charge < -0.3 is 9.64 Å². The minimum atomic E-state index is -4.67. The summed E-state index contributed by atoms with van der Waals surface area (Å²) in [5.41, 5.74) is 2.25. The summed E-state index contributed by atoms with van der Waals surface area (Å²) < 4.78 is 58.3. The highest BCUT2D eigenvalue weighted by Gasteiger charge is 2.31. The molecule has 11 heteroatoms. The molecule has 3 heterocycles. The molecule has 1 aliphatic rings. The van der Waals surface area contributed by atoms with Crippen molar-refractivity contribution in [1.29, 1.82) is 0 Å². The maximum atomic E-state index is 13.8. The highest BCUT2D eigenvalue weighted by atomic mass is 19.4. The molecule has 194 valence electrons. The molecule has 0 bridgehead atoms. The highest BCUT2D eigenvalue weighted by Crippen LogP contribution is 2.31. The van der Waals surface area contributed by atoms with Crippen LogP contribution in [-0.2, 0) is 25.6 Å². The Labute approximate surface area is 215 Å². The number of carbonyl (C=O) groups is 1. The van der Waals surface area contributed by atoms with Crippen LogP contribution in [-0.4, -0.2) is 44.6 Å². The van der Waals surface area contributed by atoms with Gasteiger partial charge >= 0.3 is 6.18 Å². The third-order valence-electron chi connectivity index (χ3n) is 6.27. The SMILES string of the molecule is COc1ccc(CN2CCc3c(cnnc3-c3cc(Cc4cc(F)cc(C(F)(F)F)c4)ncn3)C2=O)cc1. The fraction of sp³-hybridized carbons (Fsp3) is 0.222. The summed E-state index contributed by atoms with van der Waals surface area (Å²) in [6, 6.07) is 11.4. The van der Waals surface area contributed by atoms with Crippen molar-refractivity contribution in [3.63, 3.8) is 0 Å². The van der Waals surface area contributed by atoms with Crippen LogP contribution in [0.3, 0.4) is 0 Å². The molecule has 0 spiro atoms. The van der Waals surface area contributed by atoms with E-state index >= 15 is 0 Å². The highest BCUT2D eigenvalue weighted by molar-refractivity contribution is 5.97. The predicted octanol–water partition coefficient (Wildman–Crippen LogP) is 4.89. The number of hydrogen-bond donors (Lipinski definition) is 0. The summed E-state index contributed by atoms with van der Waals surface area (Å²) >= 11 is 0. The fourth-order valence-electron chi connectivity index (χ4n) is 4.42. The van der Waals surface area contributed by atoms with Crippen LogP contribution in [0.5, 0.6) is 5.75 Å². The zero-order chi connectivity index (χ0) is 26.9. The Balaban J connectivity index is 1.39. The molecular weight excluding hydrogens is 502 g/mol. The first-order chi connectivity index (χ1) is 18.2. The van der Waals surface area contributed by atoms with Crippen LogP contribution in [0.2, 0.25) is 0 Å². The summed E-state index contributed by atoms with van der Waals surface area (Å²) in [5, 5.41) is 8.20. The van der Waals surface area contributed by atoms with Crippen molar-refractivity contribution in [2.45, 2.75) is 25.6 Å². The third-order valence-corrected chi connectivity index (χ3v) is 6.27. The van der Waals surface area contributed by atoms with Gasteiger partial charge in [-0.15, -0.1) is 5.10 Å². The largest absolute Gasteiger partial charge is 0.497 e. The second-order valence-corrected chi connectivity index (χ2v) is 8.83. The number of amides is 1. The number of rotatable bonds is 6. The first kappa shape index (κ1) is 25.2. The number of hydrogen-bond acceptors (Lipinski definition) is 6. The molecule has 1 amide bonds. The van der Waals surface area contributed by atoms with Gasteiger partial charge in [-0.2, -0.15) is 18.3 Å². The molecular formula is C27H21F4N5O2. The molecule has 0 saturated heterocycles. The fourth-order valence-corrected chi connectivity index (χ4v) is 4.42. The third kappa shape index (κ3) is 5.31. The summed E-state index contributed by atoms with van der Waals surface area (Å²) in [7, 11) is 1.59. The Kier molecular flexibility index (Phi) is 6.75. The Bertz CT molecular complexity index is 1490. The van der Waals surface area contributed by atoms with E-state index in [9.17, 15) is 22.4 Å². The Morgan fingerprint density at radius 2 is 1.82 bits per heavy atom. The van der Waals surface area contributed by atoms with Gasteiger partial charge in [-0.05, 0) is 59.5 Å².